The van der Waals surface area contributed by atoms with Gasteiger partial charge < -0.3 is 5.32 Å². The van der Waals surface area contributed by atoms with E-state index in [1.54, 1.807) is 12.1 Å². The molecule has 0 saturated carbocycles. The summed E-state index contributed by atoms with van der Waals surface area (Å²) in [5.41, 5.74) is 2.48. The molecule has 0 aliphatic carbocycles. The van der Waals surface area contributed by atoms with E-state index in [1.807, 2.05) is 65.3 Å². The number of hydrogen-bond donors (Lipinski definition) is 1. The van der Waals surface area contributed by atoms with Crippen LogP contribution >= 0.6 is 27.7 Å². The van der Waals surface area contributed by atoms with Crippen LogP contribution < -0.4 is 5.32 Å². The van der Waals surface area contributed by atoms with E-state index in [2.05, 4.69) is 43.5 Å². The predicted molar refractivity (Wildman–Crippen MR) is 118 cm³/mol. The molecule has 1 N–H and O–H groups in total. The van der Waals surface area contributed by atoms with E-state index in [1.165, 1.54) is 11.8 Å². The van der Waals surface area contributed by atoms with Crippen LogP contribution in [0.4, 0.5) is 5.69 Å². The van der Waals surface area contributed by atoms with Gasteiger partial charge in [0.1, 0.15) is 0 Å². The molecule has 1 amide bonds. The molecule has 0 atom stereocenters. The van der Waals surface area contributed by atoms with Gasteiger partial charge in [-0.05, 0) is 57.5 Å². The quantitative estimate of drug-likeness (QED) is 0.409. The second kappa shape index (κ2) is 9.07. The maximum Gasteiger partial charge on any atom is 0.255 e. The number of aromatic nitrogens is 3. The summed E-state index contributed by atoms with van der Waals surface area (Å²) >= 11 is 4.84. The SMILES string of the molecule is O=C(Nc1ccccc1Sc1nc(Br)nn1Cc1ccccc1)c1ccccc1. The number of para-hydroxylation sites is 1. The highest BCUT2D eigenvalue weighted by molar-refractivity contribution is 9.10. The molecule has 4 rings (SSSR count). The Labute approximate surface area is 181 Å². The Kier molecular flexibility index (Phi) is 6.07. The molecule has 5 nitrogen and oxygen atoms in total. The van der Waals surface area contributed by atoms with Gasteiger partial charge in [0.05, 0.1) is 12.2 Å². The monoisotopic (exact) mass is 464 g/mol. The third-order valence-electron chi connectivity index (χ3n) is 4.16. The number of nitrogens with zero attached hydrogens (tertiary/aromatic N) is 3. The van der Waals surface area contributed by atoms with Crippen LogP contribution in [0.2, 0.25) is 0 Å². The summed E-state index contributed by atoms with van der Waals surface area (Å²) in [5.74, 6) is -0.148. The van der Waals surface area contributed by atoms with Gasteiger partial charge in [-0.1, -0.05) is 60.7 Å². The summed E-state index contributed by atoms with van der Waals surface area (Å²) in [6, 6.07) is 26.9. The molecule has 0 aliphatic heterocycles. The lowest BCUT2D eigenvalue weighted by molar-refractivity contribution is 0.102. The standard InChI is InChI=1S/C22H17BrN4OS/c23-21-25-22(27(26-21)15-16-9-3-1-4-10-16)29-19-14-8-7-13-18(19)24-20(28)17-11-5-2-6-12-17/h1-14H,15H2,(H,24,28). The molecule has 144 valence electrons. The molecule has 0 saturated heterocycles. The lowest BCUT2D eigenvalue weighted by Crippen LogP contribution is -2.12. The summed E-state index contributed by atoms with van der Waals surface area (Å²) in [5, 5.41) is 8.19. The third-order valence-corrected chi connectivity index (χ3v) is 5.56. The molecule has 29 heavy (non-hydrogen) atoms. The van der Waals surface area contributed by atoms with E-state index in [-0.39, 0.29) is 5.91 Å². The Morgan fingerprint density at radius 1 is 0.931 bits per heavy atom. The van der Waals surface area contributed by atoms with Crippen LogP contribution in [0.25, 0.3) is 0 Å². The van der Waals surface area contributed by atoms with Crippen LogP contribution in [-0.2, 0) is 6.54 Å². The van der Waals surface area contributed by atoms with Gasteiger partial charge in [0, 0.05) is 10.5 Å². The fourth-order valence-corrected chi connectivity index (χ4v) is 4.17. The first-order chi connectivity index (χ1) is 14.2. The van der Waals surface area contributed by atoms with Crippen LogP contribution in [0.5, 0.6) is 0 Å². The van der Waals surface area contributed by atoms with Crippen LogP contribution in [0.15, 0.2) is 99.7 Å². The number of anilines is 1. The number of halogens is 1. The van der Waals surface area contributed by atoms with Gasteiger partial charge in [0.25, 0.3) is 5.91 Å². The molecule has 0 unspecified atom stereocenters. The maximum absolute atomic E-state index is 12.6. The minimum Gasteiger partial charge on any atom is -0.321 e. The van der Waals surface area contributed by atoms with Gasteiger partial charge in [0.2, 0.25) is 4.73 Å². The zero-order valence-electron chi connectivity index (χ0n) is 15.3. The molecule has 0 fully saturated rings. The molecule has 0 radical (unpaired) electrons. The molecule has 7 heteroatoms. The number of benzene rings is 3. The van der Waals surface area contributed by atoms with Gasteiger partial charge in [-0.15, -0.1) is 5.10 Å². The summed E-state index contributed by atoms with van der Waals surface area (Å²) < 4.78 is 2.38. The van der Waals surface area contributed by atoms with Crippen LogP contribution in [0.1, 0.15) is 15.9 Å². The van der Waals surface area contributed by atoms with Gasteiger partial charge >= 0.3 is 0 Å². The van der Waals surface area contributed by atoms with Crippen molar-refractivity contribution in [1.29, 1.82) is 0 Å². The van der Waals surface area contributed by atoms with Crippen LogP contribution in [0.3, 0.4) is 0 Å². The molecule has 1 heterocycles. The number of carbonyl (C=O) groups excluding carboxylic acids is 1. The normalized spacial score (nSPS) is 10.7. The number of nitrogens with one attached hydrogen (secondary N) is 1. The van der Waals surface area contributed by atoms with Crippen molar-refractivity contribution in [3.63, 3.8) is 0 Å². The minimum absolute atomic E-state index is 0.148. The second-order valence-electron chi connectivity index (χ2n) is 6.23. The summed E-state index contributed by atoms with van der Waals surface area (Å²) in [6.07, 6.45) is 0. The Bertz CT molecular complexity index is 1120. The molecule has 0 bridgehead atoms. The highest BCUT2D eigenvalue weighted by Gasteiger charge is 2.14. The van der Waals surface area contributed by atoms with Gasteiger partial charge in [0.15, 0.2) is 5.16 Å². The fraction of sp³-hybridized carbons (Fsp3) is 0.0455. The topological polar surface area (TPSA) is 59.8 Å². The zero-order valence-corrected chi connectivity index (χ0v) is 17.7. The number of hydrogen-bond acceptors (Lipinski definition) is 4. The Morgan fingerprint density at radius 3 is 2.34 bits per heavy atom. The third kappa shape index (κ3) is 4.93. The van der Waals surface area contributed by atoms with E-state index in [0.717, 1.165) is 21.3 Å². The smallest absolute Gasteiger partial charge is 0.255 e. The van der Waals surface area contributed by atoms with Gasteiger partial charge in [-0.3, -0.25) is 4.79 Å². The Hall–Kier alpha value is -2.90. The van der Waals surface area contributed by atoms with Crippen molar-refractivity contribution in [3.8, 4) is 0 Å². The molecule has 4 aromatic rings. The Morgan fingerprint density at radius 2 is 1.59 bits per heavy atom. The molecule has 1 aromatic heterocycles. The second-order valence-corrected chi connectivity index (χ2v) is 7.94. The van der Waals surface area contributed by atoms with Gasteiger partial charge in [-0.25, -0.2) is 4.68 Å². The first-order valence-electron chi connectivity index (χ1n) is 8.96. The van der Waals surface area contributed by atoms with Crippen molar-refractivity contribution in [2.75, 3.05) is 5.32 Å². The molecule has 3 aromatic carbocycles. The average molecular weight is 465 g/mol. The number of carbonyl (C=O) groups is 1. The van der Waals surface area contributed by atoms with Crippen molar-refractivity contribution in [2.24, 2.45) is 0 Å². The zero-order chi connectivity index (χ0) is 20.1. The minimum atomic E-state index is -0.148. The Balaban J connectivity index is 1.57. The van der Waals surface area contributed by atoms with E-state index < -0.39 is 0 Å². The highest BCUT2D eigenvalue weighted by Crippen LogP contribution is 2.33. The molecular weight excluding hydrogens is 448 g/mol. The lowest BCUT2D eigenvalue weighted by atomic mass is 10.2. The number of rotatable bonds is 6. The van der Waals surface area contributed by atoms with E-state index in [4.69, 9.17) is 0 Å². The van der Waals surface area contributed by atoms with Crippen molar-refractivity contribution in [2.45, 2.75) is 16.6 Å². The van der Waals surface area contributed by atoms with Crippen molar-refractivity contribution in [1.82, 2.24) is 14.8 Å². The maximum atomic E-state index is 12.6. The lowest BCUT2D eigenvalue weighted by Gasteiger charge is -2.11. The molecular formula is C22H17BrN4OS. The van der Waals surface area contributed by atoms with E-state index in [0.29, 0.717) is 16.8 Å². The predicted octanol–water partition coefficient (Wildman–Crippen LogP) is 5.49. The first kappa shape index (κ1) is 19.4. The summed E-state index contributed by atoms with van der Waals surface area (Å²) in [4.78, 5) is 18.0. The fourth-order valence-electron chi connectivity index (χ4n) is 2.78. The van der Waals surface area contributed by atoms with Gasteiger partial charge in [-0.2, -0.15) is 4.98 Å². The summed E-state index contributed by atoms with van der Waals surface area (Å²) in [7, 11) is 0. The van der Waals surface area contributed by atoms with Crippen molar-refractivity contribution >= 4 is 39.3 Å². The molecule has 0 aliphatic rings. The largest absolute Gasteiger partial charge is 0.321 e. The molecule has 0 spiro atoms. The number of amides is 1. The van der Waals surface area contributed by atoms with E-state index >= 15 is 0 Å². The average Bonchev–Trinajstić information content (AvgIpc) is 3.09. The highest BCUT2D eigenvalue weighted by atomic mass is 79.9. The summed E-state index contributed by atoms with van der Waals surface area (Å²) in [6.45, 7) is 0.611. The van der Waals surface area contributed by atoms with Crippen molar-refractivity contribution in [3.05, 3.63) is 101 Å². The van der Waals surface area contributed by atoms with Crippen LogP contribution in [-0.4, -0.2) is 20.7 Å². The van der Waals surface area contributed by atoms with Crippen molar-refractivity contribution < 1.29 is 4.79 Å². The first-order valence-corrected chi connectivity index (χ1v) is 10.6. The van der Waals surface area contributed by atoms with E-state index in [9.17, 15) is 4.79 Å². The van der Waals surface area contributed by atoms with Crippen LogP contribution in [0, 0.1) is 0 Å².